The highest BCUT2D eigenvalue weighted by Gasteiger charge is 2.45. The van der Waals surface area contributed by atoms with Crippen LogP contribution in [0, 0.1) is 23.2 Å². The zero-order valence-corrected chi connectivity index (χ0v) is 18.2. The number of carbonyl (C=O) groups excluding carboxylic acids is 1. The van der Waals surface area contributed by atoms with E-state index in [9.17, 15) is 14.4 Å². The summed E-state index contributed by atoms with van der Waals surface area (Å²) in [6, 6.07) is 22.3. The van der Waals surface area contributed by atoms with Gasteiger partial charge in [0, 0.05) is 21.9 Å². The lowest BCUT2D eigenvalue weighted by molar-refractivity contribution is 0.0912. The standard InChI is InChI=1S/C26H22FN3OS/c27-20-9-11-21(12-10-20)32-25-4-2-1-3-22(25)18-5-7-19(8-6-18)26(31)29-23-13-17-14-24(23)30(15-17)16-28/h1-12,17,23-24H,13-15H2,(H,29,31). The molecule has 1 heterocycles. The monoisotopic (exact) mass is 443 g/mol. The van der Waals surface area contributed by atoms with Gasteiger partial charge in [-0.1, -0.05) is 42.1 Å². The van der Waals surface area contributed by atoms with Crippen molar-refractivity contribution < 1.29 is 9.18 Å². The number of piperidine rings is 1. The van der Waals surface area contributed by atoms with E-state index in [-0.39, 0.29) is 23.8 Å². The molecule has 5 rings (SSSR count). The van der Waals surface area contributed by atoms with Gasteiger partial charge in [-0.15, -0.1) is 0 Å². The molecule has 0 aromatic heterocycles. The van der Waals surface area contributed by atoms with E-state index in [1.165, 1.54) is 12.1 Å². The third-order valence-corrected chi connectivity index (χ3v) is 7.40. The lowest BCUT2D eigenvalue weighted by atomic mass is 10.0. The highest BCUT2D eigenvalue weighted by molar-refractivity contribution is 7.99. The first kappa shape index (κ1) is 20.6. The van der Waals surface area contributed by atoms with Crippen molar-refractivity contribution in [3.8, 4) is 17.3 Å². The molecule has 3 atom stereocenters. The van der Waals surface area contributed by atoms with Crippen molar-refractivity contribution in [3.63, 3.8) is 0 Å². The fourth-order valence-electron chi connectivity index (χ4n) is 4.77. The second kappa shape index (κ2) is 8.68. The summed E-state index contributed by atoms with van der Waals surface area (Å²) in [5.74, 6) is 0.158. The first-order valence-electron chi connectivity index (χ1n) is 10.7. The zero-order chi connectivity index (χ0) is 22.1. The Morgan fingerprint density at radius 2 is 1.78 bits per heavy atom. The van der Waals surface area contributed by atoms with Crippen LogP contribution in [-0.4, -0.2) is 29.4 Å². The Morgan fingerprint density at radius 1 is 1.03 bits per heavy atom. The maximum Gasteiger partial charge on any atom is 0.251 e. The largest absolute Gasteiger partial charge is 0.347 e. The van der Waals surface area contributed by atoms with E-state index in [0.29, 0.717) is 11.5 Å². The summed E-state index contributed by atoms with van der Waals surface area (Å²) in [7, 11) is 0. The molecule has 6 heteroatoms. The first-order valence-corrected chi connectivity index (χ1v) is 11.5. The molecule has 2 bridgehead atoms. The molecule has 1 saturated heterocycles. The number of fused-ring (bicyclic) bond motifs is 2. The minimum absolute atomic E-state index is 0.0356. The molecule has 1 aliphatic heterocycles. The summed E-state index contributed by atoms with van der Waals surface area (Å²) >= 11 is 1.58. The maximum absolute atomic E-state index is 13.2. The van der Waals surface area contributed by atoms with Crippen LogP contribution in [0.25, 0.3) is 11.1 Å². The van der Waals surface area contributed by atoms with Gasteiger partial charge in [-0.25, -0.2) is 4.39 Å². The second-order valence-electron chi connectivity index (χ2n) is 8.37. The van der Waals surface area contributed by atoms with Crippen molar-refractivity contribution in [3.05, 3.63) is 84.2 Å². The van der Waals surface area contributed by atoms with Gasteiger partial charge in [-0.3, -0.25) is 4.79 Å². The smallest absolute Gasteiger partial charge is 0.251 e. The molecule has 3 unspecified atom stereocenters. The number of benzene rings is 3. The van der Waals surface area contributed by atoms with Crippen LogP contribution in [-0.2, 0) is 0 Å². The van der Waals surface area contributed by atoms with Crippen LogP contribution in [0.2, 0.25) is 0 Å². The van der Waals surface area contributed by atoms with Crippen LogP contribution < -0.4 is 5.32 Å². The first-order chi connectivity index (χ1) is 15.6. The Balaban J connectivity index is 1.30. The van der Waals surface area contributed by atoms with Crippen LogP contribution in [0.5, 0.6) is 0 Å². The highest BCUT2D eigenvalue weighted by Crippen LogP contribution is 2.38. The van der Waals surface area contributed by atoms with Crippen LogP contribution >= 0.6 is 11.8 Å². The number of rotatable bonds is 5. The van der Waals surface area contributed by atoms with E-state index < -0.39 is 0 Å². The van der Waals surface area contributed by atoms with Crippen molar-refractivity contribution in [2.75, 3.05) is 6.54 Å². The van der Waals surface area contributed by atoms with Gasteiger partial charge in [-0.2, -0.15) is 5.26 Å². The molecule has 2 fully saturated rings. The molecule has 160 valence electrons. The predicted octanol–water partition coefficient (Wildman–Crippen LogP) is 5.32. The molecular weight excluding hydrogens is 421 g/mol. The number of likely N-dealkylation sites (tertiary alicyclic amines) is 1. The fraction of sp³-hybridized carbons (Fsp3) is 0.231. The molecule has 0 radical (unpaired) electrons. The van der Waals surface area contributed by atoms with Gasteiger partial charge in [-0.05, 0) is 72.4 Å². The number of hydrogen-bond donors (Lipinski definition) is 1. The normalized spacial score (nSPS) is 21.4. The second-order valence-corrected chi connectivity index (χ2v) is 9.48. The van der Waals surface area contributed by atoms with Crippen molar-refractivity contribution in [1.29, 1.82) is 5.26 Å². The SMILES string of the molecule is N#CN1CC2CC(NC(=O)c3ccc(-c4ccccc4Sc4ccc(F)cc4)cc3)C1C2. The van der Waals surface area contributed by atoms with Gasteiger partial charge in [0.05, 0.1) is 12.1 Å². The summed E-state index contributed by atoms with van der Waals surface area (Å²) in [6.45, 7) is 0.817. The summed E-state index contributed by atoms with van der Waals surface area (Å²) < 4.78 is 13.2. The number of carbonyl (C=O) groups is 1. The Bertz CT molecular complexity index is 1170. The number of nitrogens with one attached hydrogen (secondary N) is 1. The molecule has 3 aromatic carbocycles. The summed E-state index contributed by atoms with van der Waals surface area (Å²) in [5.41, 5.74) is 2.69. The predicted molar refractivity (Wildman–Crippen MR) is 122 cm³/mol. The molecular formula is C26H22FN3OS. The summed E-state index contributed by atoms with van der Waals surface area (Å²) in [6.07, 6.45) is 4.18. The molecule has 1 aliphatic carbocycles. The molecule has 4 nitrogen and oxygen atoms in total. The molecule has 0 spiro atoms. The molecule has 1 N–H and O–H groups in total. The highest BCUT2D eigenvalue weighted by atomic mass is 32.2. The van der Waals surface area contributed by atoms with Gasteiger partial charge < -0.3 is 10.2 Å². The van der Waals surface area contributed by atoms with Crippen molar-refractivity contribution in [2.45, 2.75) is 34.7 Å². The molecule has 3 aromatic rings. The third kappa shape index (κ3) is 4.09. The van der Waals surface area contributed by atoms with Gasteiger partial charge in [0.15, 0.2) is 6.19 Å². The Kier molecular flexibility index (Phi) is 5.59. The van der Waals surface area contributed by atoms with E-state index in [1.807, 2.05) is 48.5 Å². The van der Waals surface area contributed by atoms with Crippen molar-refractivity contribution >= 4 is 17.7 Å². The topological polar surface area (TPSA) is 56.1 Å². The number of amides is 1. The van der Waals surface area contributed by atoms with E-state index in [0.717, 1.165) is 40.3 Å². The third-order valence-electron chi connectivity index (χ3n) is 6.31. The van der Waals surface area contributed by atoms with Crippen LogP contribution in [0.3, 0.4) is 0 Å². The summed E-state index contributed by atoms with van der Waals surface area (Å²) in [4.78, 5) is 16.6. The lowest BCUT2D eigenvalue weighted by Gasteiger charge is -2.29. The van der Waals surface area contributed by atoms with Crippen LogP contribution in [0.15, 0.2) is 82.6 Å². The van der Waals surface area contributed by atoms with Crippen molar-refractivity contribution in [2.24, 2.45) is 5.92 Å². The maximum atomic E-state index is 13.2. The Morgan fingerprint density at radius 3 is 2.50 bits per heavy atom. The minimum Gasteiger partial charge on any atom is -0.347 e. The fourth-order valence-corrected chi connectivity index (χ4v) is 5.74. The molecule has 32 heavy (non-hydrogen) atoms. The lowest BCUT2D eigenvalue weighted by Crippen LogP contribution is -2.48. The van der Waals surface area contributed by atoms with E-state index in [1.54, 1.807) is 28.8 Å². The number of nitrogens with zero attached hydrogens (tertiary/aromatic N) is 2. The van der Waals surface area contributed by atoms with E-state index in [2.05, 4.69) is 11.5 Å². The van der Waals surface area contributed by atoms with Gasteiger partial charge in [0.2, 0.25) is 0 Å². The van der Waals surface area contributed by atoms with E-state index in [4.69, 9.17) is 0 Å². The van der Waals surface area contributed by atoms with E-state index >= 15 is 0 Å². The van der Waals surface area contributed by atoms with Gasteiger partial charge in [0.1, 0.15) is 5.82 Å². The molecule has 2 aliphatic rings. The van der Waals surface area contributed by atoms with Gasteiger partial charge in [0.25, 0.3) is 5.91 Å². The van der Waals surface area contributed by atoms with Crippen LogP contribution in [0.4, 0.5) is 4.39 Å². The quantitative estimate of drug-likeness (QED) is 0.543. The average molecular weight is 444 g/mol. The Hall–Kier alpha value is -3.30. The number of nitriles is 1. The zero-order valence-electron chi connectivity index (χ0n) is 17.4. The molecule has 1 saturated carbocycles. The molecule has 1 amide bonds. The van der Waals surface area contributed by atoms with Crippen molar-refractivity contribution in [1.82, 2.24) is 10.2 Å². The van der Waals surface area contributed by atoms with Gasteiger partial charge >= 0.3 is 0 Å². The average Bonchev–Trinajstić information content (AvgIpc) is 3.41. The van der Waals surface area contributed by atoms with Crippen LogP contribution in [0.1, 0.15) is 23.2 Å². The summed E-state index contributed by atoms with van der Waals surface area (Å²) in [5, 5.41) is 12.4. The number of hydrogen-bond acceptors (Lipinski definition) is 4. The number of halogens is 1. The minimum atomic E-state index is -0.248. The Labute approximate surface area is 191 Å².